The molecule has 140 valence electrons. The summed E-state index contributed by atoms with van der Waals surface area (Å²) in [7, 11) is 5.28. The lowest BCUT2D eigenvalue weighted by Gasteiger charge is -2.43. The molecule has 1 aliphatic rings. The van der Waals surface area contributed by atoms with E-state index in [-0.39, 0.29) is 5.91 Å². The number of aromatic amines is 1. The van der Waals surface area contributed by atoms with E-state index in [0.717, 1.165) is 49.5 Å². The van der Waals surface area contributed by atoms with Crippen molar-refractivity contribution in [2.45, 2.75) is 24.9 Å². The summed E-state index contributed by atoms with van der Waals surface area (Å²) in [5.74, 6) is 0.892. The highest BCUT2D eigenvalue weighted by atomic mass is 16.5. The number of nitrogens with one attached hydrogen (secondary N) is 2. The van der Waals surface area contributed by atoms with E-state index in [1.165, 1.54) is 0 Å². The standard InChI is InChI=1S/C19H27N5O2/c1-23(2)18(25)19(22-16-5-4-6-17(11-16)26-3)7-9-24(10-8-19)14-15-12-20-21-13-15/h4-6,11-13,22H,7-10,14H2,1-3H3,(H,20,21). The van der Waals surface area contributed by atoms with Crippen molar-refractivity contribution in [2.24, 2.45) is 0 Å². The number of amides is 1. The van der Waals surface area contributed by atoms with Crippen LogP contribution in [-0.2, 0) is 11.3 Å². The molecule has 2 heterocycles. The molecular formula is C19H27N5O2. The largest absolute Gasteiger partial charge is 0.497 e. The minimum absolute atomic E-state index is 0.114. The number of benzene rings is 1. The number of ether oxygens (including phenoxy) is 1. The number of nitrogens with zero attached hydrogens (tertiary/aromatic N) is 3. The Balaban J connectivity index is 1.74. The molecule has 26 heavy (non-hydrogen) atoms. The van der Waals surface area contributed by atoms with E-state index in [1.54, 1.807) is 12.0 Å². The Morgan fingerprint density at radius 2 is 2.15 bits per heavy atom. The van der Waals surface area contributed by atoms with Gasteiger partial charge in [0.25, 0.3) is 0 Å². The third-order valence-electron chi connectivity index (χ3n) is 4.94. The van der Waals surface area contributed by atoms with Crippen LogP contribution in [0.5, 0.6) is 5.75 Å². The van der Waals surface area contributed by atoms with Crippen molar-refractivity contribution in [1.29, 1.82) is 0 Å². The highest BCUT2D eigenvalue weighted by Crippen LogP contribution is 2.30. The van der Waals surface area contributed by atoms with Crippen molar-refractivity contribution in [3.63, 3.8) is 0 Å². The molecule has 3 rings (SSSR count). The van der Waals surface area contributed by atoms with Gasteiger partial charge in [-0.25, -0.2) is 0 Å². The number of hydrogen-bond donors (Lipinski definition) is 2. The van der Waals surface area contributed by atoms with Gasteiger partial charge in [-0.2, -0.15) is 5.10 Å². The number of likely N-dealkylation sites (N-methyl/N-ethyl adjacent to an activating group) is 1. The molecule has 0 saturated carbocycles. The first kappa shape index (κ1) is 18.3. The Hall–Kier alpha value is -2.54. The van der Waals surface area contributed by atoms with Gasteiger partial charge in [0.05, 0.1) is 13.3 Å². The van der Waals surface area contributed by atoms with E-state index in [0.29, 0.717) is 0 Å². The van der Waals surface area contributed by atoms with E-state index in [2.05, 4.69) is 20.4 Å². The molecular weight excluding hydrogens is 330 g/mol. The second kappa shape index (κ2) is 7.78. The fraction of sp³-hybridized carbons (Fsp3) is 0.474. The van der Waals surface area contributed by atoms with Gasteiger partial charge in [-0.3, -0.25) is 14.8 Å². The van der Waals surface area contributed by atoms with Gasteiger partial charge in [0.15, 0.2) is 0 Å². The van der Waals surface area contributed by atoms with E-state index in [4.69, 9.17) is 4.74 Å². The van der Waals surface area contributed by atoms with E-state index >= 15 is 0 Å². The van der Waals surface area contributed by atoms with Gasteiger partial charge in [0.1, 0.15) is 11.3 Å². The summed E-state index contributed by atoms with van der Waals surface area (Å²) >= 11 is 0. The SMILES string of the molecule is COc1cccc(NC2(C(=O)N(C)C)CCN(Cc3cn[nH]c3)CC2)c1. The number of carbonyl (C=O) groups is 1. The van der Waals surface area contributed by atoms with Crippen molar-refractivity contribution in [2.75, 3.05) is 39.6 Å². The van der Waals surface area contributed by atoms with Gasteiger partial charge in [-0.05, 0) is 25.0 Å². The zero-order chi connectivity index (χ0) is 18.6. The maximum atomic E-state index is 13.0. The molecule has 1 amide bonds. The predicted octanol–water partition coefficient (Wildman–Crippen LogP) is 1.95. The molecule has 7 heteroatoms. The van der Waals surface area contributed by atoms with Crippen LogP contribution in [0.4, 0.5) is 5.69 Å². The minimum atomic E-state index is -0.594. The zero-order valence-electron chi connectivity index (χ0n) is 15.7. The number of hydrogen-bond acceptors (Lipinski definition) is 5. The maximum Gasteiger partial charge on any atom is 0.247 e. The molecule has 0 unspecified atom stereocenters. The highest BCUT2D eigenvalue weighted by Gasteiger charge is 2.42. The Kier molecular flexibility index (Phi) is 5.46. The van der Waals surface area contributed by atoms with Crippen molar-refractivity contribution < 1.29 is 9.53 Å². The summed E-state index contributed by atoms with van der Waals surface area (Å²) in [6.07, 6.45) is 5.26. The average molecular weight is 357 g/mol. The van der Waals surface area contributed by atoms with Crippen LogP contribution in [0.15, 0.2) is 36.7 Å². The Bertz CT molecular complexity index is 721. The van der Waals surface area contributed by atoms with Crippen LogP contribution >= 0.6 is 0 Å². The van der Waals surface area contributed by atoms with Crippen LogP contribution in [0.1, 0.15) is 18.4 Å². The number of carbonyl (C=O) groups excluding carboxylic acids is 1. The van der Waals surface area contributed by atoms with Crippen LogP contribution in [0, 0.1) is 0 Å². The van der Waals surface area contributed by atoms with Gasteiger partial charge in [-0.15, -0.1) is 0 Å². The molecule has 1 aromatic carbocycles. The quantitative estimate of drug-likeness (QED) is 0.827. The molecule has 1 saturated heterocycles. The van der Waals surface area contributed by atoms with Crippen molar-refractivity contribution >= 4 is 11.6 Å². The van der Waals surface area contributed by atoms with Gasteiger partial charge >= 0.3 is 0 Å². The van der Waals surface area contributed by atoms with E-state index < -0.39 is 5.54 Å². The molecule has 1 aliphatic heterocycles. The van der Waals surface area contributed by atoms with E-state index in [1.807, 2.05) is 50.8 Å². The van der Waals surface area contributed by atoms with E-state index in [9.17, 15) is 4.79 Å². The highest BCUT2D eigenvalue weighted by molar-refractivity contribution is 5.89. The molecule has 1 aromatic heterocycles. The number of aromatic nitrogens is 2. The number of anilines is 1. The van der Waals surface area contributed by atoms with Gasteiger partial charge in [0, 0.05) is 57.2 Å². The van der Waals surface area contributed by atoms with Crippen molar-refractivity contribution in [3.05, 3.63) is 42.2 Å². The number of H-pyrrole nitrogens is 1. The fourth-order valence-corrected chi connectivity index (χ4v) is 3.51. The number of piperidine rings is 1. The second-order valence-corrected chi connectivity index (χ2v) is 7.02. The lowest BCUT2D eigenvalue weighted by molar-refractivity contribution is -0.135. The molecule has 0 bridgehead atoms. The molecule has 0 aliphatic carbocycles. The summed E-state index contributed by atoms with van der Waals surface area (Å²) in [5.41, 5.74) is 1.47. The van der Waals surface area contributed by atoms with Gasteiger partial charge in [-0.1, -0.05) is 6.07 Å². The lowest BCUT2D eigenvalue weighted by atomic mass is 9.85. The predicted molar refractivity (Wildman–Crippen MR) is 101 cm³/mol. The van der Waals surface area contributed by atoms with Crippen molar-refractivity contribution in [3.8, 4) is 5.75 Å². The maximum absolute atomic E-state index is 13.0. The zero-order valence-corrected chi connectivity index (χ0v) is 15.7. The first-order chi connectivity index (χ1) is 12.5. The van der Waals surface area contributed by atoms with Crippen LogP contribution in [0.3, 0.4) is 0 Å². The molecule has 2 aromatic rings. The monoisotopic (exact) mass is 357 g/mol. The molecule has 0 spiro atoms. The molecule has 0 radical (unpaired) electrons. The minimum Gasteiger partial charge on any atom is -0.497 e. The summed E-state index contributed by atoms with van der Waals surface area (Å²) in [6.45, 7) is 2.55. The van der Waals surface area contributed by atoms with Crippen molar-refractivity contribution in [1.82, 2.24) is 20.0 Å². The van der Waals surface area contributed by atoms with Crippen LogP contribution in [0.2, 0.25) is 0 Å². The Morgan fingerprint density at radius 1 is 1.38 bits per heavy atom. The Labute approximate surface area is 154 Å². The Morgan fingerprint density at radius 3 is 2.77 bits per heavy atom. The summed E-state index contributed by atoms with van der Waals surface area (Å²) in [4.78, 5) is 17.0. The molecule has 7 nitrogen and oxygen atoms in total. The molecule has 2 N–H and O–H groups in total. The number of methoxy groups -OCH3 is 1. The summed E-state index contributed by atoms with van der Waals surface area (Å²) in [6, 6.07) is 7.75. The van der Waals surface area contributed by atoms with Crippen LogP contribution in [-0.4, -0.2) is 65.7 Å². The first-order valence-electron chi connectivity index (χ1n) is 8.86. The smallest absolute Gasteiger partial charge is 0.247 e. The average Bonchev–Trinajstić information content (AvgIpc) is 3.16. The summed E-state index contributed by atoms with van der Waals surface area (Å²) < 4.78 is 5.31. The molecule has 0 atom stereocenters. The lowest BCUT2D eigenvalue weighted by Crippen LogP contribution is -2.57. The number of likely N-dealkylation sites (tertiary alicyclic amines) is 1. The van der Waals surface area contributed by atoms with Crippen LogP contribution < -0.4 is 10.1 Å². The molecule has 1 fully saturated rings. The third-order valence-corrected chi connectivity index (χ3v) is 4.94. The third kappa shape index (κ3) is 3.99. The summed E-state index contributed by atoms with van der Waals surface area (Å²) in [5, 5.41) is 10.4. The van der Waals surface area contributed by atoms with Gasteiger partial charge < -0.3 is 15.0 Å². The van der Waals surface area contributed by atoms with Gasteiger partial charge in [0.2, 0.25) is 5.91 Å². The normalized spacial score (nSPS) is 16.9. The fourth-order valence-electron chi connectivity index (χ4n) is 3.51. The topological polar surface area (TPSA) is 73.5 Å². The second-order valence-electron chi connectivity index (χ2n) is 7.02. The van der Waals surface area contributed by atoms with Crippen LogP contribution in [0.25, 0.3) is 0 Å². The number of rotatable bonds is 6. The first-order valence-corrected chi connectivity index (χ1v) is 8.86.